The fourth-order valence-electron chi connectivity index (χ4n) is 4.74. The molecule has 2 aromatic carbocycles. The summed E-state index contributed by atoms with van der Waals surface area (Å²) in [5, 5.41) is 1.04. The smallest absolute Gasteiger partial charge is 0.177 e. The van der Waals surface area contributed by atoms with Crippen molar-refractivity contribution in [2.75, 3.05) is 25.4 Å². The average Bonchev–Trinajstić information content (AvgIpc) is 3.31. The third-order valence-corrected chi connectivity index (χ3v) is 6.47. The highest BCUT2D eigenvalue weighted by molar-refractivity contribution is 5.97. The quantitative estimate of drug-likeness (QED) is 0.499. The van der Waals surface area contributed by atoms with Crippen LogP contribution in [0.15, 0.2) is 54.7 Å². The number of rotatable bonds is 5. The van der Waals surface area contributed by atoms with Gasteiger partial charge in [-0.05, 0) is 49.4 Å². The maximum atomic E-state index is 11.6. The van der Waals surface area contributed by atoms with Gasteiger partial charge in [0.25, 0.3) is 0 Å². The zero-order valence-corrected chi connectivity index (χ0v) is 17.5. The summed E-state index contributed by atoms with van der Waals surface area (Å²) in [5.41, 5.74) is 9.22. The lowest BCUT2D eigenvalue weighted by Crippen LogP contribution is -2.54. The summed E-state index contributed by atoms with van der Waals surface area (Å²) in [6, 6.07) is 16.1. The highest BCUT2D eigenvalue weighted by Crippen LogP contribution is 2.34. The summed E-state index contributed by atoms with van der Waals surface area (Å²) in [6.45, 7) is 2.28. The third kappa shape index (κ3) is 3.77. The molecule has 6 heteroatoms. The van der Waals surface area contributed by atoms with E-state index in [0.717, 1.165) is 72.8 Å². The standard InChI is InChI=1S/C25H27N3O3/c26-23-22(9-6-19-3-1-13-27-24(19)23)18-4-7-20(8-5-18)31-21-10-14-28(15-11-21)25(17-29)12-2-16-30-25/h1,3-9,13,17,21H,2,10-12,14-16,26H2/t25-/m1/s1. The Morgan fingerprint density at radius 3 is 2.65 bits per heavy atom. The lowest BCUT2D eigenvalue weighted by Gasteiger charge is -2.40. The van der Waals surface area contributed by atoms with E-state index in [0.29, 0.717) is 12.3 Å². The SMILES string of the molecule is Nc1c(-c2ccc(OC3CCN([C@]4(C=O)CCCO4)CC3)cc2)ccc2cccnc12. The van der Waals surface area contributed by atoms with E-state index >= 15 is 0 Å². The Morgan fingerprint density at radius 1 is 1.13 bits per heavy atom. The van der Waals surface area contributed by atoms with Crippen LogP contribution >= 0.6 is 0 Å². The van der Waals surface area contributed by atoms with Crippen LogP contribution in [-0.4, -0.2) is 47.7 Å². The molecule has 5 rings (SSSR count). The number of nitrogens with two attached hydrogens (primary N) is 1. The van der Waals surface area contributed by atoms with Crippen LogP contribution in [0.3, 0.4) is 0 Å². The molecule has 3 heterocycles. The molecule has 2 aliphatic heterocycles. The number of likely N-dealkylation sites (tertiary alicyclic amines) is 1. The maximum absolute atomic E-state index is 11.6. The second-order valence-corrected chi connectivity index (χ2v) is 8.35. The number of pyridine rings is 1. The fourth-order valence-corrected chi connectivity index (χ4v) is 4.74. The van der Waals surface area contributed by atoms with E-state index in [1.54, 1.807) is 6.20 Å². The number of carbonyl (C=O) groups excluding carboxylic acids is 1. The fraction of sp³-hybridized carbons (Fsp3) is 0.360. The second-order valence-electron chi connectivity index (χ2n) is 8.35. The Morgan fingerprint density at radius 2 is 1.94 bits per heavy atom. The monoisotopic (exact) mass is 417 g/mol. The summed E-state index contributed by atoms with van der Waals surface area (Å²) in [4.78, 5) is 18.2. The second kappa shape index (κ2) is 8.29. The van der Waals surface area contributed by atoms with Gasteiger partial charge in [0.2, 0.25) is 0 Å². The molecular weight excluding hydrogens is 390 g/mol. The van der Waals surface area contributed by atoms with Gasteiger partial charge in [-0.2, -0.15) is 0 Å². The normalized spacial score (nSPS) is 22.6. The van der Waals surface area contributed by atoms with Crippen LogP contribution in [0.4, 0.5) is 5.69 Å². The Hall–Kier alpha value is -2.96. The van der Waals surface area contributed by atoms with Crippen molar-refractivity contribution >= 4 is 22.9 Å². The Balaban J connectivity index is 1.24. The number of piperidine rings is 1. The van der Waals surface area contributed by atoms with Crippen LogP contribution in [0.5, 0.6) is 5.75 Å². The minimum Gasteiger partial charge on any atom is -0.490 e. The van der Waals surface area contributed by atoms with Gasteiger partial charge < -0.3 is 15.2 Å². The van der Waals surface area contributed by atoms with Gasteiger partial charge >= 0.3 is 0 Å². The molecule has 1 atom stereocenters. The van der Waals surface area contributed by atoms with Gasteiger partial charge in [-0.1, -0.05) is 30.3 Å². The molecule has 31 heavy (non-hydrogen) atoms. The Labute approximate surface area is 182 Å². The molecule has 1 aromatic heterocycles. The molecule has 0 bridgehead atoms. The zero-order chi connectivity index (χ0) is 21.3. The number of carbonyl (C=O) groups is 1. The molecule has 0 spiro atoms. The number of aromatic nitrogens is 1. The van der Waals surface area contributed by atoms with E-state index in [1.807, 2.05) is 48.5 Å². The van der Waals surface area contributed by atoms with Crippen molar-refractivity contribution < 1.29 is 14.3 Å². The van der Waals surface area contributed by atoms with Crippen molar-refractivity contribution in [3.05, 3.63) is 54.7 Å². The van der Waals surface area contributed by atoms with Crippen LogP contribution in [0.2, 0.25) is 0 Å². The first-order valence-electron chi connectivity index (χ1n) is 10.9. The summed E-state index contributed by atoms with van der Waals surface area (Å²) in [6.07, 6.45) is 6.38. The number of nitrogens with zero attached hydrogens (tertiary/aromatic N) is 2. The minimum absolute atomic E-state index is 0.141. The lowest BCUT2D eigenvalue weighted by atomic mass is 10.0. The highest BCUT2D eigenvalue weighted by Gasteiger charge is 2.42. The Bertz CT molecular complexity index is 1070. The van der Waals surface area contributed by atoms with E-state index in [1.165, 1.54) is 0 Å². The number of nitrogen functional groups attached to an aromatic ring is 1. The van der Waals surface area contributed by atoms with Crippen LogP contribution in [0.1, 0.15) is 25.7 Å². The van der Waals surface area contributed by atoms with Gasteiger partial charge in [0, 0.05) is 36.8 Å². The first-order chi connectivity index (χ1) is 15.2. The summed E-state index contributed by atoms with van der Waals surface area (Å²) < 4.78 is 12.0. The molecule has 0 saturated carbocycles. The largest absolute Gasteiger partial charge is 0.490 e. The van der Waals surface area contributed by atoms with Crippen molar-refractivity contribution in [1.29, 1.82) is 0 Å². The molecule has 3 aromatic rings. The van der Waals surface area contributed by atoms with Gasteiger partial charge in [-0.25, -0.2) is 0 Å². The van der Waals surface area contributed by atoms with Crippen LogP contribution in [0, 0.1) is 0 Å². The molecule has 0 radical (unpaired) electrons. The van der Waals surface area contributed by atoms with Crippen molar-refractivity contribution in [2.24, 2.45) is 0 Å². The number of hydrogen-bond donors (Lipinski definition) is 1. The summed E-state index contributed by atoms with van der Waals surface area (Å²) >= 11 is 0. The van der Waals surface area contributed by atoms with Crippen molar-refractivity contribution in [2.45, 2.75) is 37.5 Å². The first kappa shape index (κ1) is 20.0. The topological polar surface area (TPSA) is 77.7 Å². The molecule has 2 fully saturated rings. The Kier molecular flexibility index (Phi) is 5.34. The molecule has 0 amide bonds. The van der Waals surface area contributed by atoms with Gasteiger partial charge in [-0.3, -0.25) is 14.7 Å². The molecule has 2 saturated heterocycles. The van der Waals surface area contributed by atoms with Crippen LogP contribution in [0.25, 0.3) is 22.0 Å². The number of aldehydes is 1. The van der Waals surface area contributed by atoms with Crippen molar-refractivity contribution in [1.82, 2.24) is 9.88 Å². The van der Waals surface area contributed by atoms with Gasteiger partial charge in [0.15, 0.2) is 12.0 Å². The minimum atomic E-state index is -0.707. The predicted octanol–water partition coefficient (Wildman–Crippen LogP) is 4.03. The lowest BCUT2D eigenvalue weighted by molar-refractivity contribution is -0.156. The van der Waals surface area contributed by atoms with E-state index < -0.39 is 5.72 Å². The molecule has 2 aliphatic rings. The first-order valence-corrected chi connectivity index (χ1v) is 10.9. The third-order valence-electron chi connectivity index (χ3n) is 6.47. The average molecular weight is 418 g/mol. The van der Waals surface area contributed by atoms with Crippen molar-refractivity contribution in [3.8, 4) is 16.9 Å². The molecule has 2 N–H and O–H groups in total. The number of ether oxygens (including phenoxy) is 2. The highest BCUT2D eigenvalue weighted by atomic mass is 16.5. The number of hydrogen-bond acceptors (Lipinski definition) is 6. The van der Waals surface area contributed by atoms with E-state index in [-0.39, 0.29) is 6.10 Å². The molecule has 160 valence electrons. The maximum Gasteiger partial charge on any atom is 0.177 e. The summed E-state index contributed by atoms with van der Waals surface area (Å²) in [7, 11) is 0. The van der Waals surface area contributed by atoms with E-state index in [9.17, 15) is 4.79 Å². The van der Waals surface area contributed by atoms with E-state index in [4.69, 9.17) is 15.2 Å². The van der Waals surface area contributed by atoms with Crippen LogP contribution < -0.4 is 10.5 Å². The number of benzene rings is 2. The summed E-state index contributed by atoms with van der Waals surface area (Å²) in [5.74, 6) is 0.849. The molecule has 0 unspecified atom stereocenters. The molecule has 0 aliphatic carbocycles. The zero-order valence-electron chi connectivity index (χ0n) is 17.5. The van der Waals surface area contributed by atoms with Gasteiger partial charge in [0.1, 0.15) is 11.9 Å². The van der Waals surface area contributed by atoms with E-state index in [2.05, 4.69) is 9.88 Å². The van der Waals surface area contributed by atoms with Crippen molar-refractivity contribution in [3.63, 3.8) is 0 Å². The number of anilines is 1. The van der Waals surface area contributed by atoms with Crippen LogP contribution in [-0.2, 0) is 9.53 Å². The molecular formula is C25H27N3O3. The predicted molar refractivity (Wildman–Crippen MR) is 121 cm³/mol. The molecule has 6 nitrogen and oxygen atoms in total. The van der Waals surface area contributed by atoms with Gasteiger partial charge in [-0.15, -0.1) is 0 Å². The number of fused-ring (bicyclic) bond motifs is 1. The van der Waals surface area contributed by atoms with Gasteiger partial charge in [0.05, 0.1) is 11.2 Å².